The number of rotatable bonds is 8. The topological polar surface area (TPSA) is 78.1 Å². The molecule has 6 nitrogen and oxygen atoms in total. The average Bonchev–Trinajstić information content (AvgIpc) is 2.73. The van der Waals surface area contributed by atoms with Crippen molar-refractivity contribution in [2.24, 2.45) is 0 Å². The van der Waals surface area contributed by atoms with E-state index >= 15 is 0 Å². The van der Waals surface area contributed by atoms with Crippen molar-refractivity contribution in [2.75, 3.05) is 6.54 Å². The van der Waals surface area contributed by atoms with Gasteiger partial charge in [-0.2, -0.15) is 0 Å². The number of benzene rings is 2. The fraction of sp³-hybridized carbons (Fsp3) is 0.348. The molecule has 0 bridgehead atoms. The molecule has 0 aliphatic carbocycles. The monoisotopic (exact) mass is 426 g/mol. The van der Waals surface area contributed by atoms with E-state index in [1.54, 1.807) is 23.1 Å². The first-order chi connectivity index (χ1) is 14.5. The number of fused-ring (bicyclic) bond motifs is 1. The Labute approximate surface area is 181 Å². The van der Waals surface area contributed by atoms with Gasteiger partial charge in [0.25, 0.3) is 5.56 Å². The van der Waals surface area contributed by atoms with Crippen LogP contribution in [0.1, 0.15) is 50.5 Å². The van der Waals surface area contributed by atoms with Crippen LogP contribution in [0.2, 0.25) is 5.02 Å². The van der Waals surface area contributed by atoms with E-state index in [1.165, 1.54) is 0 Å². The fourth-order valence-corrected chi connectivity index (χ4v) is 3.64. The van der Waals surface area contributed by atoms with Crippen LogP contribution >= 0.6 is 11.6 Å². The van der Waals surface area contributed by atoms with Crippen LogP contribution in [0.5, 0.6) is 0 Å². The molecule has 1 heterocycles. The van der Waals surface area contributed by atoms with Crippen LogP contribution < -0.4 is 10.9 Å². The number of aromatic amines is 1. The summed E-state index contributed by atoms with van der Waals surface area (Å²) < 4.78 is 0. The van der Waals surface area contributed by atoms with Crippen molar-refractivity contribution in [2.45, 2.75) is 45.7 Å². The molecular weight excluding hydrogens is 400 g/mol. The third-order valence-electron chi connectivity index (χ3n) is 4.92. The van der Waals surface area contributed by atoms with Gasteiger partial charge in [-0.1, -0.05) is 62.2 Å². The van der Waals surface area contributed by atoms with Gasteiger partial charge < -0.3 is 15.2 Å². The van der Waals surface area contributed by atoms with Crippen molar-refractivity contribution < 1.29 is 4.79 Å². The number of amides is 2. The lowest BCUT2D eigenvalue weighted by atomic mass is 10.0. The van der Waals surface area contributed by atoms with E-state index in [1.807, 2.05) is 37.3 Å². The zero-order chi connectivity index (χ0) is 21.5. The molecule has 3 rings (SSSR count). The number of carbonyl (C=O) groups excluding carboxylic acids is 1. The molecule has 2 amide bonds. The Morgan fingerprint density at radius 3 is 2.63 bits per heavy atom. The molecule has 7 heteroatoms. The summed E-state index contributed by atoms with van der Waals surface area (Å²) in [6, 6.07) is 14.7. The Bertz CT molecular complexity index is 1050. The smallest absolute Gasteiger partial charge is 0.318 e. The number of aromatic nitrogens is 2. The molecule has 0 aliphatic heterocycles. The molecule has 1 aromatic heterocycles. The zero-order valence-electron chi connectivity index (χ0n) is 17.3. The van der Waals surface area contributed by atoms with E-state index < -0.39 is 0 Å². The normalized spacial score (nSPS) is 12.0. The van der Waals surface area contributed by atoms with Gasteiger partial charge in [-0.15, -0.1) is 0 Å². The van der Waals surface area contributed by atoms with Gasteiger partial charge in [-0.25, -0.2) is 9.78 Å². The third kappa shape index (κ3) is 5.39. The van der Waals surface area contributed by atoms with Crippen LogP contribution in [0, 0.1) is 0 Å². The number of H-pyrrole nitrogens is 1. The maximum Gasteiger partial charge on any atom is 0.318 e. The highest BCUT2D eigenvalue weighted by atomic mass is 35.5. The first-order valence-corrected chi connectivity index (χ1v) is 10.7. The Hall–Kier alpha value is -2.86. The van der Waals surface area contributed by atoms with Gasteiger partial charge in [0.05, 0.1) is 23.5 Å². The standard InChI is InChI=1S/C23H27ClN4O2/c1-3-8-19(16-9-6-5-7-10-16)26-23(30)28(13-4-2)15-21-25-20-14-17(24)11-12-18(20)22(29)27-21/h5-7,9-12,14,19H,3-4,8,13,15H2,1-2H3,(H,26,30)(H,25,27,29). The summed E-state index contributed by atoms with van der Waals surface area (Å²) in [4.78, 5) is 34.5. The molecule has 2 N–H and O–H groups in total. The Morgan fingerprint density at radius 2 is 1.93 bits per heavy atom. The van der Waals surface area contributed by atoms with Gasteiger partial charge in [0.15, 0.2) is 0 Å². The molecule has 0 saturated carbocycles. The molecule has 0 fully saturated rings. The van der Waals surface area contributed by atoms with Crippen LogP contribution in [-0.4, -0.2) is 27.4 Å². The maximum absolute atomic E-state index is 13.1. The molecular formula is C23H27ClN4O2. The molecule has 30 heavy (non-hydrogen) atoms. The molecule has 1 unspecified atom stereocenters. The largest absolute Gasteiger partial charge is 0.331 e. The van der Waals surface area contributed by atoms with E-state index in [4.69, 9.17) is 11.6 Å². The highest BCUT2D eigenvalue weighted by Gasteiger charge is 2.20. The van der Waals surface area contributed by atoms with E-state index in [0.717, 1.165) is 24.8 Å². The molecule has 2 aromatic carbocycles. The summed E-state index contributed by atoms with van der Waals surface area (Å²) in [6.07, 6.45) is 2.59. The minimum Gasteiger partial charge on any atom is -0.331 e. The second-order valence-electron chi connectivity index (χ2n) is 7.30. The second kappa shape index (κ2) is 10.3. The van der Waals surface area contributed by atoms with Crippen LogP contribution in [0.4, 0.5) is 4.79 Å². The molecule has 3 aromatic rings. The van der Waals surface area contributed by atoms with Crippen LogP contribution in [0.15, 0.2) is 53.3 Å². The summed E-state index contributed by atoms with van der Waals surface area (Å²) in [7, 11) is 0. The zero-order valence-corrected chi connectivity index (χ0v) is 18.1. The van der Waals surface area contributed by atoms with Gasteiger partial charge in [-0.05, 0) is 36.6 Å². The van der Waals surface area contributed by atoms with Crippen molar-refractivity contribution in [3.63, 3.8) is 0 Å². The highest BCUT2D eigenvalue weighted by molar-refractivity contribution is 6.31. The minimum atomic E-state index is -0.239. The predicted octanol–water partition coefficient (Wildman–Crippen LogP) is 5.04. The lowest BCUT2D eigenvalue weighted by molar-refractivity contribution is 0.189. The van der Waals surface area contributed by atoms with Gasteiger partial charge >= 0.3 is 6.03 Å². The molecule has 0 saturated heterocycles. The van der Waals surface area contributed by atoms with Gasteiger partial charge in [-0.3, -0.25) is 4.79 Å². The van der Waals surface area contributed by atoms with Crippen molar-refractivity contribution in [3.05, 3.63) is 75.3 Å². The van der Waals surface area contributed by atoms with Crippen molar-refractivity contribution in [1.82, 2.24) is 20.2 Å². The number of urea groups is 1. The maximum atomic E-state index is 13.1. The Balaban J connectivity index is 1.82. The number of hydrogen-bond acceptors (Lipinski definition) is 3. The number of nitrogens with one attached hydrogen (secondary N) is 2. The third-order valence-corrected chi connectivity index (χ3v) is 5.15. The molecule has 158 valence electrons. The van der Waals surface area contributed by atoms with Gasteiger partial charge in [0, 0.05) is 11.6 Å². The van der Waals surface area contributed by atoms with Crippen LogP contribution in [0.3, 0.4) is 0 Å². The SMILES string of the molecule is CCCC(NC(=O)N(CCC)Cc1nc2cc(Cl)ccc2c(=O)[nH]1)c1ccccc1. The van der Waals surface area contributed by atoms with Crippen molar-refractivity contribution in [3.8, 4) is 0 Å². The first-order valence-electron chi connectivity index (χ1n) is 10.3. The number of nitrogens with zero attached hydrogens (tertiary/aromatic N) is 2. The molecule has 0 radical (unpaired) electrons. The van der Waals surface area contributed by atoms with Gasteiger partial charge in [0.2, 0.25) is 0 Å². The quantitative estimate of drug-likeness (QED) is 0.529. The highest BCUT2D eigenvalue weighted by Crippen LogP contribution is 2.19. The Morgan fingerprint density at radius 1 is 1.17 bits per heavy atom. The number of carbonyl (C=O) groups is 1. The van der Waals surface area contributed by atoms with Gasteiger partial charge in [0.1, 0.15) is 5.82 Å². The minimum absolute atomic E-state index is 0.0644. The summed E-state index contributed by atoms with van der Waals surface area (Å²) in [6.45, 7) is 4.87. The molecule has 0 spiro atoms. The van der Waals surface area contributed by atoms with Crippen molar-refractivity contribution >= 4 is 28.5 Å². The van der Waals surface area contributed by atoms with E-state index in [2.05, 4.69) is 22.2 Å². The lowest BCUT2D eigenvalue weighted by Gasteiger charge is -2.26. The first kappa shape index (κ1) is 21.8. The second-order valence-corrected chi connectivity index (χ2v) is 7.73. The summed E-state index contributed by atoms with van der Waals surface area (Å²) in [5.74, 6) is 0.435. The van der Waals surface area contributed by atoms with E-state index in [9.17, 15) is 9.59 Å². The summed E-state index contributed by atoms with van der Waals surface area (Å²) >= 11 is 6.05. The fourth-order valence-electron chi connectivity index (χ4n) is 3.48. The van der Waals surface area contributed by atoms with Crippen molar-refractivity contribution in [1.29, 1.82) is 0 Å². The molecule has 1 atom stereocenters. The average molecular weight is 427 g/mol. The summed E-state index contributed by atoms with van der Waals surface area (Å²) in [5.41, 5.74) is 1.36. The Kier molecular flexibility index (Phi) is 7.46. The summed E-state index contributed by atoms with van der Waals surface area (Å²) in [5, 5.41) is 4.13. The number of halogens is 1. The van der Waals surface area contributed by atoms with Crippen LogP contribution in [-0.2, 0) is 6.54 Å². The number of hydrogen-bond donors (Lipinski definition) is 2. The van der Waals surface area contributed by atoms with E-state index in [-0.39, 0.29) is 24.2 Å². The van der Waals surface area contributed by atoms with Crippen LogP contribution in [0.25, 0.3) is 10.9 Å². The predicted molar refractivity (Wildman–Crippen MR) is 121 cm³/mol. The lowest BCUT2D eigenvalue weighted by Crippen LogP contribution is -2.42. The molecule has 0 aliphatic rings. The van der Waals surface area contributed by atoms with E-state index in [0.29, 0.717) is 28.3 Å².